The fourth-order valence-electron chi connectivity index (χ4n) is 1.58. The zero-order valence-corrected chi connectivity index (χ0v) is 10.3. The molecule has 98 valence electrons. The van der Waals surface area contributed by atoms with Gasteiger partial charge in [0.2, 0.25) is 0 Å². The van der Waals surface area contributed by atoms with Crippen molar-refractivity contribution in [3.8, 4) is 0 Å². The van der Waals surface area contributed by atoms with E-state index in [2.05, 4.69) is 5.32 Å². The highest BCUT2D eigenvalue weighted by Gasteiger charge is 2.15. The van der Waals surface area contributed by atoms with E-state index < -0.39 is 6.03 Å². The van der Waals surface area contributed by atoms with Crippen LogP contribution < -0.4 is 10.4 Å². The maximum atomic E-state index is 12.8. The standard InChI is InChI=1S/C14H13FN2O2/c1-19-17(13-5-3-2-4-6-13)14(18)16-12-9-7-11(15)8-10-12/h2-10H,1H3,(H,16,18). The first-order valence-electron chi connectivity index (χ1n) is 5.66. The summed E-state index contributed by atoms with van der Waals surface area (Å²) in [5.41, 5.74) is 1.09. The Bertz CT molecular complexity index is 543. The molecule has 0 atom stereocenters. The number of hydrogen-bond donors (Lipinski definition) is 1. The van der Waals surface area contributed by atoms with Crippen LogP contribution in [0, 0.1) is 5.82 Å². The average Bonchev–Trinajstić information content (AvgIpc) is 2.43. The van der Waals surface area contributed by atoms with Crippen molar-refractivity contribution in [2.24, 2.45) is 0 Å². The van der Waals surface area contributed by atoms with Gasteiger partial charge in [0.05, 0.1) is 12.8 Å². The van der Waals surface area contributed by atoms with Crippen molar-refractivity contribution in [2.75, 3.05) is 17.5 Å². The van der Waals surface area contributed by atoms with Crippen LogP contribution in [0.3, 0.4) is 0 Å². The predicted octanol–water partition coefficient (Wildman–Crippen LogP) is 3.43. The van der Waals surface area contributed by atoms with Crippen LogP contribution >= 0.6 is 0 Å². The van der Waals surface area contributed by atoms with E-state index in [1.165, 1.54) is 31.4 Å². The zero-order chi connectivity index (χ0) is 13.7. The maximum Gasteiger partial charge on any atom is 0.350 e. The number of urea groups is 1. The molecule has 0 unspecified atom stereocenters. The third kappa shape index (κ3) is 3.29. The Morgan fingerprint density at radius 1 is 1.11 bits per heavy atom. The normalized spacial score (nSPS) is 10.0. The van der Waals surface area contributed by atoms with Crippen molar-refractivity contribution >= 4 is 17.4 Å². The van der Waals surface area contributed by atoms with Crippen LogP contribution in [-0.2, 0) is 4.84 Å². The van der Waals surface area contributed by atoms with Crippen molar-refractivity contribution in [3.05, 3.63) is 60.4 Å². The molecule has 0 radical (unpaired) electrons. The van der Waals surface area contributed by atoms with Crippen LogP contribution in [0.2, 0.25) is 0 Å². The highest BCUT2D eigenvalue weighted by Crippen LogP contribution is 2.16. The first-order chi connectivity index (χ1) is 9.20. The molecule has 2 aromatic carbocycles. The van der Waals surface area contributed by atoms with Crippen molar-refractivity contribution in [1.29, 1.82) is 0 Å². The van der Waals surface area contributed by atoms with Gasteiger partial charge in [-0.3, -0.25) is 4.84 Å². The van der Waals surface area contributed by atoms with Crippen molar-refractivity contribution in [2.45, 2.75) is 0 Å². The predicted molar refractivity (Wildman–Crippen MR) is 71.3 cm³/mol. The SMILES string of the molecule is CON(C(=O)Nc1ccc(F)cc1)c1ccccc1. The van der Waals surface area contributed by atoms with Crippen molar-refractivity contribution < 1.29 is 14.0 Å². The number of hydroxylamine groups is 1. The summed E-state index contributed by atoms with van der Waals surface area (Å²) in [4.78, 5) is 17.1. The molecule has 0 bridgehead atoms. The molecule has 1 N–H and O–H groups in total. The van der Waals surface area contributed by atoms with Crippen molar-refractivity contribution in [1.82, 2.24) is 0 Å². The second-order valence-corrected chi connectivity index (χ2v) is 3.75. The summed E-state index contributed by atoms with van der Waals surface area (Å²) in [6, 6.07) is 14.0. The van der Waals surface area contributed by atoms with Gasteiger partial charge < -0.3 is 5.32 Å². The summed E-state index contributed by atoms with van der Waals surface area (Å²) in [5.74, 6) is -0.357. The highest BCUT2D eigenvalue weighted by molar-refractivity contribution is 6.00. The van der Waals surface area contributed by atoms with E-state index in [-0.39, 0.29) is 5.82 Å². The van der Waals surface area contributed by atoms with Crippen LogP contribution in [0.1, 0.15) is 0 Å². The highest BCUT2D eigenvalue weighted by atomic mass is 19.1. The van der Waals surface area contributed by atoms with E-state index >= 15 is 0 Å². The van der Waals surface area contributed by atoms with E-state index in [4.69, 9.17) is 4.84 Å². The lowest BCUT2D eigenvalue weighted by molar-refractivity contribution is 0.171. The quantitative estimate of drug-likeness (QED) is 0.859. The number of carbonyl (C=O) groups is 1. The fourth-order valence-corrected chi connectivity index (χ4v) is 1.58. The van der Waals surface area contributed by atoms with Gasteiger partial charge in [-0.2, -0.15) is 5.06 Å². The topological polar surface area (TPSA) is 41.6 Å². The second kappa shape index (κ2) is 5.97. The van der Waals surface area contributed by atoms with Crippen molar-refractivity contribution in [3.63, 3.8) is 0 Å². The van der Waals surface area contributed by atoms with Crippen LogP contribution in [-0.4, -0.2) is 13.1 Å². The summed E-state index contributed by atoms with van der Waals surface area (Å²) in [5, 5.41) is 3.73. The molecule has 0 saturated heterocycles. The number of carbonyl (C=O) groups excluding carboxylic acids is 1. The first kappa shape index (κ1) is 13.0. The van der Waals surface area contributed by atoms with Crippen LogP contribution in [0.4, 0.5) is 20.6 Å². The molecule has 0 heterocycles. The zero-order valence-electron chi connectivity index (χ0n) is 10.3. The second-order valence-electron chi connectivity index (χ2n) is 3.75. The molecule has 5 heteroatoms. The molecule has 2 aromatic rings. The Morgan fingerprint density at radius 3 is 2.32 bits per heavy atom. The smallest absolute Gasteiger partial charge is 0.306 e. The molecular formula is C14H13FN2O2. The number of hydrogen-bond acceptors (Lipinski definition) is 2. The minimum atomic E-state index is -0.458. The number of halogens is 1. The Labute approximate surface area is 110 Å². The third-order valence-corrected chi connectivity index (χ3v) is 2.45. The number of nitrogens with zero attached hydrogens (tertiary/aromatic N) is 1. The number of nitrogens with one attached hydrogen (secondary N) is 1. The number of anilines is 2. The molecule has 0 saturated carbocycles. The van der Waals surface area contributed by atoms with E-state index in [0.717, 1.165) is 5.06 Å². The van der Waals surface area contributed by atoms with Gasteiger partial charge in [0, 0.05) is 5.69 Å². The molecule has 0 aromatic heterocycles. The Balaban J connectivity index is 2.11. The van der Waals surface area contributed by atoms with Gasteiger partial charge in [0.15, 0.2) is 0 Å². The fraction of sp³-hybridized carbons (Fsp3) is 0.0714. The van der Waals surface area contributed by atoms with Gasteiger partial charge in [-0.1, -0.05) is 18.2 Å². The minimum absolute atomic E-state index is 0.357. The summed E-state index contributed by atoms with van der Waals surface area (Å²) >= 11 is 0. The molecule has 0 fully saturated rings. The molecule has 0 aliphatic rings. The molecular weight excluding hydrogens is 247 g/mol. The van der Waals surface area contributed by atoms with Gasteiger partial charge in [0.25, 0.3) is 0 Å². The lowest BCUT2D eigenvalue weighted by Gasteiger charge is -2.20. The molecule has 2 rings (SSSR count). The monoisotopic (exact) mass is 260 g/mol. The molecule has 0 aliphatic carbocycles. The third-order valence-electron chi connectivity index (χ3n) is 2.45. The first-order valence-corrected chi connectivity index (χ1v) is 5.66. The van der Waals surface area contributed by atoms with E-state index in [9.17, 15) is 9.18 Å². The van der Waals surface area contributed by atoms with Crippen LogP contribution in [0.25, 0.3) is 0 Å². The van der Waals surface area contributed by atoms with Crippen LogP contribution in [0.15, 0.2) is 54.6 Å². The summed E-state index contributed by atoms with van der Waals surface area (Å²) in [6.07, 6.45) is 0. The Hall–Kier alpha value is -2.40. The van der Waals surface area contributed by atoms with E-state index in [0.29, 0.717) is 11.4 Å². The largest absolute Gasteiger partial charge is 0.350 e. The lowest BCUT2D eigenvalue weighted by atomic mass is 10.3. The molecule has 0 spiro atoms. The van der Waals surface area contributed by atoms with Gasteiger partial charge >= 0.3 is 6.03 Å². The summed E-state index contributed by atoms with van der Waals surface area (Å²) in [6.45, 7) is 0. The van der Waals surface area contributed by atoms with Gasteiger partial charge in [-0.15, -0.1) is 0 Å². The molecule has 0 aliphatic heterocycles. The van der Waals surface area contributed by atoms with Gasteiger partial charge in [-0.25, -0.2) is 9.18 Å². The number of para-hydroxylation sites is 1. The maximum absolute atomic E-state index is 12.8. The Kier molecular flexibility index (Phi) is 4.10. The van der Waals surface area contributed by atoms with Gasteiger partial charge in [-0.05, 0) is 36.4 Å². The summed E-state index contributed by atoms with van der Waals surface area (Å²) < 4.78 is 12.8. The minimum Gasteiger partial charge on any atom is -0.306 e. The van der Waals surface area contributed by atoms with E-state index in [1.807, 2.05) is 6.07 Å². The molecule has 4 nitrogen and oxygen atoms in total. The lowest BCUT2D eigenvalue weighted by Crippen LogP contribution is -2.33. The molecule has 19 heavy (non-hydrogen) atoms. The number of amides is 2. The average molecular weight is 260 g/mol. The number of benzene rings is 2. The van der Waals surface area contributed by atoms with Gasteiger partial charge in [0.1, 0.15) is 5.82 Å². The Morgan fingerprint density at radius 2 is 1.74 bits per heavy atom. The van der Waals surface area contributed by atoms with Crippen LogP contribution in [0.5, 0.6) is 0 Å². The summed E-state index contributed by atoms with van der Waals surface area (Å²) in [7, 11) is 1.40. The number of rotatable bonds is 3. The molecule has 2 amide bonds. The van der Waals surface area contributed by atoms with E-state index in [1.54, 1.807) is 24.3 Å².